The number of aromatic nitrogens is 3. The molecule has 2 rings (SSSR count). The highest BCUT2D eigenvalue weighted by atomic mass is 16.2. The molecule has 3 amide bonds. The summed E-state index contributed by atoms with van der Waals surface area (Å²) in [5.74, 6) is 1.45. The maximum atomic E-state index is 12.1. The number of nitrogens with one attached hydrogen (secondary N) is 3. The second kappa shape index (κ2) is 7.94. The summed E-state index contributed by atoms with van der Waals surface area (Å²) >= 11 is 0. The van der Waals surface area contributed by atoms with E-state index in [1.54, 1.807) is 11.8 Å². The van der Waals surface area contributed by atoms with Gasteiger partial charge in [-0.2, -0.15) is 4.98 Å². The van der Waals surface area contributed by atoms with Crippen LogP contribution < -0.4 is 10.6 Å². The number of likely N-dealkylation sites (tertiary alicyclic amines) is 1. The summed E-state index contributed by atoms with van der Waals surface area (Å²) in [6, 6.07) is -0.0339. The van der Waals surface area contributed by atoms with Gasteiger partial charge >= 0.3 is 6.03 Å². The minimum atomic E-state index is -0.113. The highest BCUT2D eigenvalue weighted by Crippen LogP contribution is 2.20. The summed E-state index contributed by atoms with van der Waals surface area (Å²) in [6.45, 7) is 7.94. The van der Waals surface area contributed by atoms with Crippen LogP contribution in [0.15, 0.2) is 0 Å². The summed E-state index contributed by atoms with van der Waals surface area (Å²) in [7, 11) is 0. The van der Waals surface area contributed by atoms with E-state index in [0.717, 1.165) is 19.4 Å². The second-order valence-electron chi connectivity index (χ2n) is 6.53. The third-order valence-corrected chi connectivity index (χ3v) is 3.79. The molecule has 8 heteroatoms. The van der Waals surface area contributed by atoms with Gasteiger partial charge in [0.25, 0.3) is 0 Å². The number of rotatable bonds is 5. The number of hydrogen-bond donors (Lipinski definition) is 3. The topological polar surface area (TPSA) is 103 Å². The monoisotopic (exact) mass is 322 g/mol. The van der Waals surface area contributed by atoms with E-state index in [-0.39, 0.29) is 17.9 Å². The van der Waals surface area contributed by atoms with Crippen LogP contribution in [-0.2, 0) is 4.79 Å². The van der Waals surface area contributed by atoms with Crippen molar-refractivity contribution in [1.82, 2.24) is 25.4 Å². The second-order valence-corrected chi connectivity index (χ2v) is 6.53. The van der Waals surface area contributed by atoms with Gasteiger partial charge in [0.05, 0.1) is 0 Å². The number of piperidine rings is 1. The first kappa shape index (κ1) is 17.2. The number of aromatic amines is 1. The van der Waals surface area contributed by atoms with Crippen molar-refractivity contribution in [3.05, 3.63) is 5.82 Å². The van der Waals surface area contributed by atoms with Crippen molar-refractivity contribution < 1.29 is 9.59 Å². The van der Waals surface area contributed by atoms with Crippen LogP contribution in [-0.4, -0.2) is 51.7 Å². The van der Waals surface area contributed by atoms with Gasteiger partial charge in [0.15, 0.2) is 0 Å². The molecule has 1 aliphatic heterocycles. The third-order valence-electron chi connectivity index (χ3n) is 3.79. The van der Waals surface area contributed by atoms with Crippen molar-refractivity contribution in [3.8, 4) is 0 Å². The lowest BCUT2D eigenvalue weighted by Crippen LogP contribution is -2.46. The van der Waals surface area contributed by atoms with E-state index in [9.17, 15) is 9.59 Å². The van der Waals surface area contributed by atoms with E-state index in [2.05, 4.69) is 39.7 Å². The number of urea groups is 1. The SMILES string of the molecule is Cc1nc(NC(=O)CC2CCCN(C(=O)NCC(C)C)C2)n[nH]1. The van der Waals surface area contributed by atoms with E-state index < -0.39 is 0 Å². The van der Waals surface area contributed by atoms with E-state index in [1.807, 2.05) is 0 Å². The molecule has 3 N–H and O–H groups in total. The van der Waals surface area contributed by atoms with Crippen molar-refractivity contribution in [2.24, 2.45) is 11.8 Å². The summed E-state index contributed by atoms with van der Waals surface area (Å²) in [5.41, 5.74) is 0. The van der Waals surface area contributed by atoms with Gasteiger partial charge in [0.1, 0.15) is 5.82 Å². The lowest BCUT2D eigenvalue weighted by atomic mass is 9.94. The lowest BCUT2D eigenvalue weighted by Gasteiger charge is -2.32. The maximum absolute atomic E-state index is 12.1. The highest BCUT2D eigenvalue weighted by molar-refractivity contribution is 5.89. The Morgan fingerprint density at radius 1 is 1.43 bits per heavy atom. The third kappa shape index (κ3) is 5.54. The van der Waals surface area contributed by atoms with Gasteiger partial charge < -0.3 is 10.2 Å². The first-order chi connectivity index (χ1) is 10.9. The van der Waals surface area contributed by atoms with Crippen molar-refractivity contribution in [2.45, 2.75) is 40.0 Å². The van der Waals surface area contributed by atoms with Gasteiger partial charge in [-0.15, -0.1) is 5.10 Å². The Kier molecular flexibility index (Phi) is 5.95. The molecule has 23 heavy (non-hydrogen) atoms. The molecular weight excluding hydrogens is 296 g/mol. The first-order valence-electron chi connectivity index (χ1n) is 8.15. The minimum Gasteiger partial charge on any atom is -0.338 e. The van der Waals surface area contributed by atoms with Crippen molar-refractivity contribution in [1.29, 1.82) is 0 Å². The molecule has 0 radical (unpaired) electrons. The summed E-state index contributed by atoms with van der Waals surface area (Å²) in [4.78, 5) is 30.0. The zero-order valence-electron chi connectivity index (χ0n) is 14.1. The number of carbonyl (C=O) groups is 2. The van der Waals surface area contributed by atoms with Gasteiger partial charge in [0, 0.05) is 26.1 Å². The Labute approximate surface area is 136 Å². The van der Waals surface area contributed by atoms with Crippen molar-refractivity contribution in [3.63, 3.8) is 0 Å². The van der Waals surface area contributed by atoms with Crippen LogP contribution in [0.2, 0.25) is 0 Å². The molecule has 1 aromatic heterocycles. The van der Waals surface area contributed by atoms with Crippen LogP contribution in [0, 0.1) is 18.8 Å². The molecule has 0 bridgehead atoms. The van der Waals surface area contributed by atoms with Gasteiger partial charge in [-0.3, -0.25) is 15.2 Å². The number of carbonyl (C=O) groups excluding carboxylic acids is 2. The largest absolute Gasteiger partial charge is 0.338 e. The first-order valence-corrected chi connectivity index (χ1v) is 8.15. The Morgan fingerprint density at radius 2 is 2.22 bits per heavy atom. The molecule has 0 aromatic carbocycles. The zero-order valence-corrected chi connectivity index (χ0v) is 14.1. The average molecular weight is 322 g/mol. The van der Waals surface area contributed by atoms with E-state index >= 15 is 0 Å². The Hall–Kier alpha value is -2.12. The lowest BCUT2D eigenvalue weighted by molar-refractivity contribution is -0.117. The number of anilines is 1. The number of H-pyrrole nitrogens is 1. The van der Waals surface area contributed by atoms with Crippen LogP contribution in [0.1, 0.15) is 38.9 Å². The summed E-state index contributed by atoms with van der Waals surface area (Å²) in [5, 5.41) is 12.2. The summed E-state index contributed by atoms with van der Waals surface area (Å²) in [6.07, 6.45) is 2.25. The van der Waals surface area contributed by atoms with Crippen LogP contribution in [0.3, 0.4) is 0 Å². The summed E-state index contributed by atoms with van der Waals surface area (Å²) < 4.78 is 0. The molecule has 1 aromatic rings. The minimum absolute atomic E-state index is 0.0339. The van der Waals surface area contributed by atoms with Crippen molar-refractivity contribution in [2.75, 3.05) is 25.0 Å². The molecule has 0 spiro atoms. The van der Waals surface area contributed by atoms with Crippen LogP contribution in [0.4, 0.5) is 10.7 Å². The molecule has 1 aliphatic rings. The molecule has 1 fully saturated rings. The predicted octanol–water partition coefficient (Wildman–Crippen LogP) is 1.52. The van der Waals surface area contributed by atoms with Crippen LogP contribution in [0.5, 0.6) is 0 Å². The Morgan fingerprint density at radius 3 is 2.87 bits per heavy atom. The van der Waals surface area contributed by atoms with Gasteiger partial charge in [-0.25, -0.2) is 4.79 Å². The molecule has 2 heterocycles. The Bertz CT molecular complexity index is 542. The molecule has 1 saturated heterocycles. The maximum Gasteiger partial charge on any atom is 0.317 e. The molecule has 0 saturated carbocycles. The average Bonchev–Trinajstić information content (AvgIpc) is 2.89. The molecule has 8 nitrogen and oxygen atoms in total. The zero-order chi connectivity index (χ0) is 16.8. The van der Waals surface area contributed by atoms with Gasteiger partial charge in [0.2, 0.25) is 11.9 Å². The number of amides is 3. The van der Waals surface area contributed by atoms with Gasteiger partial charge in [-0.05, 0) is 31.6 Å². The standard InChI is InChI=1S/C15H26N6O2/c1-10(2)8-16-15(23)21-6-4-5-12(9-21)7-13(22)18-14-17-11(3)19-20-14/h10,12H,4-9H2,1-3H3,(H,16,23)(H2,17,18,19,20,22). The van der Waals surface area contributed by atoms with Gasteiger partial charge in [-0.1, -0.05) is 13.8 Å². The quantitative estimate of drug-likeness (QED) is 0.764. The normalized spacial score (nSPS) is 18.1. The van der Waals surface area contributed by atoms with Crippen molar-refractivity contribution >= 4 is 17.9 Å². The van der Waals surface area contributed by atoms with E-state index in [4.69, 9.17) is 0 Å². The molecule has 1 unspecified atom stereocenters. The predicted molar refractivity (Wildman–Crippen MR) is 86.9 cm³/mol. The number of nitrogens with zero attached hydrogens (tertiary/aromatic N) is 3. The molecule has 1 atom stereocenters. The fourth-order valence-corrected chi connectivity index (χ4v) is 2.66. The van der Waals surface area contributed by atoms with Crippen LogP contribution in [0.25, 0.3) is 0 Å². The fourth-order valence-electron chi connectivity index (χ4n) is 2.66. The Balaban J connectivity index is 1.79. The smallest absolute Gasteiger partial charge is 0.317 e. The molecular formula is C15H26N6O2. The molecule has 0 aliphatic carbocycles. The van der Waals surface area contributed by atoms with E-state index in [0.29, 0.717) is 37.2 Å². The van der Waals surface area contributed by atoms with E-state index in [1.165, 1.54) is 0 Å². The molecule has 128 valence electrons. The fraction of sp³-hybridized carbons (Fsp3) is 0.733. The highest BCUT2D eigenvalue weighted by Gasteiger charge is 2.25. The number of hydrogen-bond acceptors (Lipinski definition) is 4. The number of aryl methyl sites for hydroxylation is 1. The van der Waals surface area contributed by atoms with Crippen LogP contribution >= 0.6 is 0 Å².